The largest absolute Gasteiger partial charge is 0.390 e. The molecule has 2 heterocycles. The van der Waals surface area contributed by atoms with E-state index >= 15 is 0 Å². The predicted octanol–water partition coefficient (Wildman–Crippen LogP) is 2.38. The molecule has 6 heteroatoms. The summed E-state index contributed by atoms with van der Waals surface area (Å²) in [7, 11) is 0. The third-order valence-electron chi connectivity index (χ3n) is 7.54. The normalized spacial score (nSPS) is 37.1. The monoisotopic (exact) mass is 372 g/mol. The summed E-state index contributed by atoms with van der Waals surface area (Å²) in [6, 6.07) is 0. The van der Waals surface area contributed by atoms with Crippen molar-refractivity contribution in [3.05, 3.63) is 11.6 Å². The first-order valence-electron chi connectivity index (χ1n) is 10.9. The highest BCUT2D eigenvalue weighted by Gasteiger charge is 2.57. The molecule has 148 valence electrons. The van der Waals surface area contributed by atoms with Crippen LogP contribution < -0.4 is 5.32 Å². The first-order valence-corrected chi connectivity index (χ1v) is 10.9. The Balaban J connectivity index is 1.16. The maximum absolute atomic E-state index is 12.7. The van der Waals surface area contributed by atoms with E-state index < -0.39 is 5.60 Å². The Kier molecular flexibility index (Phi) is 4.30. The van der Waals surface area contributed by atoms with E-state index in [1.54, 1.807) is 0 Å². The van der Waals surface area contributed by atoms with Crippen LogP contribution in [0.25, 0.3) is 0 Å². The fraction of sp³-hybridized carbons (Fsp3) is 0.857. The lowest BCUT2D eigenvalue weighted by Gasteiger charge is -2.60. The molecule has 1 aliphatic heterocycles. The fourth-order valence-electron chi connectivity index (χ4n) is 7.06. The van der Waals surface area contributed by atoms with Crippen molar-refractivity contribution in [1.82, 2.24) is 20.1 Å². The molecular formula is C21H32N4O2. The van der Waals surface area contributed by atoms with E-state index in [4.69, 9.17) is 0 Å². The van der Waals surface area contributed by atoms with E-state index in [1.807, 2.05) is 0 Å². The highest BCUT2D eigenvalue weighted by atomic mass is 16.3. The minimum atomic E-state index is -0.483. The number of nitrogens with zero attached hydrogens (tertiary/aromatic N) is 3. The van der Waals surface area contributed by atoms with Crippen molar-refractivity contribution < 1.29 is 9.90 Å². The van der Waals surface area contributed by atoms with Gasteiger partial charge in [-0.15, -0.1) is 10.2 Å². The van der Waals surface area contributed by atoms with Crippen molar-refractivity contribution in [2.45, 2.75) is 89.2 Å². The first-order chi connectivity index (χ1) is 13.0. The second-order valence-electron chi connectivity index (χ2n) is 9.96. The molecule has 4 saturated carbocycles. The quantitative estimate of drug-likeness (QED) is 0.832. The third kappa shape index (κ3) is 3.41. The molecule has 0 spiro atoms. The summed E-state index contributed by atoms with van der Waals surface area (Å²) in [5.74, 6) is 3.54. The third-order valence-corrected chi connectivity index (χ3v) is 7.54. The maximum atomic E-state index is 12.7. The van der Waals surface area contributed by atoms with E-state index in [-0.39, 0.29) is 11.3 Å². The Morgan fingerprint density at radius 1 is 1.15 bits per heavy atom. The van der Waals surface area contributed by atoms with E-state index in [0.717, 1.165) is 63.1 Å². The Morgan fingerprint density at radius 2 is 1.96 bits per heavy atom. The van der Waals surface area contributed by atoms with Gasteiger partial charge < -0.3 is 15.0 Å². The number of aryl methyl sites for hydroxylation is 1. The summed E-state index contributed by atoms with van der Waals surface area (Å²) in [5, 5.41) is 22.7. The van der Waals surface area contributed by atoms with E-state index in [9.17, 15) is 9.90 Å². The fourth-order valence-corrected chi connectivity index (χ4v) is 7.06. The second kappa shape index (κ2) is 6.57. The van der Waals surface area contributed by atoms with Crippen molar-refractivity contribution in [2.24, 2.45) is 17.3 Å². The van der Waals surface area contributed by atoms with Gasteiger partial charge >= 0.3 is 0 Å². The van der Waals surface area contributed by atoms with Gasteiger partial charge in [-0.2, -0.15) is 0 Å². The molecule has 6 rings (SSSR count). The minimum absolute atomic E-state index is 0.0505. The van der Waals surface area contributed by atoms with Crippen LogP contribution in [-0.4, -0.2) is 37.9 Å². The number of fused-ring (bicyclic) bond motifs is 1. The molecule has 6 nitrogen and oxygen atoms in total. The summed E-state index contributed by atoms with van der Waals surface area (Å²) in [5.41, 5.74) is -0.432. The molecule has 4 bridgehead atoms. The van der Waals surface area contributed by atoms with E-state index in [1.165, 1.54) is 25.7 Å². The highest BCUT2D eigenvalue weighted by molar-refractivity contribution is 5.76. The highest BCUT2D eigenvalue weighted by Crippen LogP contribution is 2.62. The SMILES string of the molecule is O=C(CC12CC3CC(CC(O)(C3)C1)C2)NCCc1nnc2n1CCCCC2. The number of rotatable bonds is 5. The molecule has 2 unspecified atom stereocenters. The van der Waals surface area contributed by atoms with Crippen molar-refractivity contribution in [3.8, 4) is 0 Å². The molecule has 2 N–H and O–H groups in total. The summed E-state index contributed by atoms with van der Waals surface area (Å²) in [4.78, 5) is 12.7. The molecule has 0 aromatic carbocycles. The zero-order chi connectivity index (χ0) is 18.5. The number of aromatic nitrogens is 3. The van der Waals surface area contributed by atoms with Gasteiger partial charge in [0, 0.05) is 32.4 Å². The van der Waals surface area contributed by atoms with Crippen LogP contribution in [0.4, 0.5) is 0 Å². The smallest absolute Gasteiger partial charge is 0.220 e. The van der Waals surface area contributed by atoms with Gasteiger partial charge in [-0.3, -0.25) is 4.79 Å². The molecule has 2 atom stereocenters. The van der Waals surface area contributed by atoms with Gasteiger partial charge in [0.2, 0.25) is 5.91 Å². The van der Waals surface area contributed by atoms with Crippen LogP contribution in [0.3, 0.4) is 0 Å². The van der Waals surface area contributed by atoms with Crippen LogP contribution >= 0.6 is 0 Å². The summed E-state index contributed by atoms with van der Waals surface area (Å²) >= 11 is 0. The van der Waals surface area contributed by atoms with Crippen LogP contribution in [0.5, 0.6) is 0 Å². The number of carbonyl (C=O) groups is 1. The van der Waals surface area contributed by atoms with Gasteiger partial charge in [0.05, 0.1) is 5.60 Å². The lowest BCUT2D eigenvalue weighted by molar-refractivity contribution is -0.169. The topological polar surface area (TPSA) is 80.0 Å². The average molecular weight is 373 g/mol. The molecule has 27 heavy (non-hydrogen) atoms. The second-order valence-corrected chi connectivity index (χ2v) is 9.96. The van der Waals surface area contributed by atoms with Gasteiger partial charge in [0.25, 0.3) is 0 Å². The van der Waals surface area contributed by atoms with Crippen molar-refractivity contribution in [2.75, 3.05) is 6.54 Å². The molecule has 1 amide bonds. The van der Waals surface area contributed by atoms with Crippen LogP contribution in [0.1, 0.15) is 75.9 Å². The van der Waals surface area contributed by atoms with Gasteiger partial charge in [-0.25, -0.2) is 0 Å². The Labute approximate surface area is 161 Å². The zero-order valence-corrected chi connectivity index (χ0v) is 16.3. The van der Waals surface area contributed by atoms with Gasteiger partial charge in [0.15, 0.2) is 0 Å². The average Bonchev–Trinajstić information content (AvgIpc) is 2.80. The Hall–Kier alpha value is -1.43. The van der Waals surface area contributed by atoms with Gasteiger partial charge in [-0.05, 0) is 68.6 Å². The molecule has 4 aliphatic carbocycles. The zero-order valence-electron chi connectivity index (χ0n) is 16.3. The van der Waals surface area contributed by atoms with Crippen molar-refractivity contribution >= 4 is 5.91 Å². The van der Waals surface area contributed by atoms with Crippen molar-refractivity contribution in [1.29, 1.82) is 0 Å². The molecule has 1 aromatic rings. The molecule has 0 radical (unpaired) electrons. The van der Waals surface area contributed by atoms with Crippen molar-refractivity contribution in [3.63, 3.8) is 0 Å². The van der Waals surface area contributed by atoms with E-state index in [0.29, 0.717) is 24.8 Å². The summed E-state index contributed by atoms with van der Waals surface area (Å²) in [6.07, 6.45) is 12.3. The number of carbonyl (C=O) groups excluding carboxylic acids is 1. The summed E-state index contributed by atoms with van der Waals surface area (Å²) in [6.45, 7) is 1.64. The number of aliphatic hydroxyl groups is 1. The number of amides is 1. The van der Waals surface area contributed by atoms with Crippen LogP contribution in [0.15, 0.2) is 0 Å². The molecule has 4 fully saturated rings. The maximum Gasteiger partial charge on any atom is 0.220 e. The predicted molar refractivity (Wildman–Crippen MR) is 101 cm³/mol. The number of nitrogens with one attached hydrogen (secondary N) is 1. The summed E-state index contributed by atoms with van der Waals surface area (Å²) < 4.78 is 2.26. The van der Waals surface area contributed by atoms with Crippen LogP contribution in [-0.2, 0) is 24.2 Å². The lowest BCUT2D eigenvalue weighted by Crippen LogP contribution is -2.56. The lowest BCUT2D eigenvalue weighted by atomic mass is 9.47. The Morgan fingerprint density at radius 3 is 2.74 bits per heavy atom. The standard InChI is InChI=1S/C21H32N4O2/c26-19(13-20-9-15-8-16(10-20)12-21(27,11-15)14-20)22-6-5-18-24-23-17-4-2-1-3-7-25(17)18/h15-16,27H,1-14H2,(H,22,26). The minimum Gasteiger partial charge on any atom is -0.390 e. The van der Waals surface area contributed by atoms with Gasteiger partial charge in [0.1, 0.15) is 11.6 Å². The Bertz CT molecular complexity index is 714. The van der Waals surface area contributed by atoms with E-state index in [2.05, 4.69) is 20.1 Å². The molecule has 0 saturated heterocycles. The van der Waals surface area contributed by atoms with Crippen LogP contribution in [0, 0.1) is 17.3 Å². The number of hydrogen-bond donors (Lipinski definition) is 2. The molecular weight excluding hydrogens is 340 g/mol. The van der Waals surface area contributed by atoms with Gasteiger partial charge in [-0.1, -0.05) is 6.42 Å². The first kappa shape index (κ1) is 17.7. The molecule has 1 aromatic heterocycles. The number of hydrogen-bond acceptors (Lipinski definition) is 4. The van der Waals surface area contributed by atoms with Crippen LogP contribution in [0.2, 0.25) is 0 Å². The molecule has 5 aliphatic rings.